The molecule has 1 heterocycles. The molecule has 8 heteroatoms. The molecule has 0 bridgehead atoms. The molecule has 0 unspecified atom stereocenters. The Bertz CT molecular complexity index is 664. The number of sulfonamides is 1. The van der Waals surface area contributed by atoms with Gasteiger partial charge in [-0.15, -0.1) is 0 Å². The van der Waals surface area contributed by atoms with Crippen LogP contribution in [0.5, 0.6) is 0 Å². The minimum Gasteiger partial charge on any atom is -0.262 e. The molecule has 2 aromatic rings. The van der Waals surface area contributed by atoms with E-state index < -0.39 is 15.8 Å². The van der Waals surface area contributed by atoms with Crippen molar-refractivity contribution in [2.24, 2.45) is 0 Å². The van der Waals surface area contributed by atoms with Gasteiger partial charge in [-0.25, -0.2) is 17.8 Å². The molecule has 1 aromatic heterocycles. The van der Waals surface area contributed by atoms with Crippen LogP contribution in [0.4, 0.5) is 10.2 Å². The van der Waals surface area contributed by atoms with Gasteiger partial charge in [-0.05, 0) is 34.1 Å². The standard InChI is InChI=1S/C10H7BrFN3O2S/c11-8-5-7(12)1-2-9(8)18(16,17)15-10-6-13-3-4-14-10/h1-6H,(H,14,15). The van der Waals surface area contributed by atoms with Crippen molar-refractivity contribution < 1.29 is 12.8 Å². The maximum absolute atomic E-state index is 12.9. The third kappa shape index (κ3) is 2.82. The first kappa shape index (κ1) is 12.9. The van der Waals surface area contributed by atoms with Crippen LogP contribution in [0.1, 0.15) is 0 Å². The predicted molar refractivity (Wildman–Crippen MR) is 66.9 cm³/mol. The summed E-state index contributed by atoms with van der Waals surface area (Å²) in [6, 6.07) is 3.30. The monoisotopic (exact) mass is 331 g/mol. The van der Waals surface area contributed by atoms with Crippen LogP contribution in [-0.2, 0) is 10.0 Å². The van der Waals surface area contributed by atoms with Gasteiger partial charge < -0.3 is 0 Å². The van der Waals surface area contributed by atoms with E-state index in [9.17, 15) is 12.8 Å². The number of nitrogens with one attached hydrogen (secondary N) is 1. The highest BCUT2D eigenvalue weighted by Gasteiger charge is 2.18. The Kier molecular flexibility index (Phi) is 3.58. The molecule has 0 aliphatic rings. The highest BCUT2D eigenvalue weighted by atomic mass is 79.9. The molecule has 0 spiro atoms. The zero-order valence-corrected chi connectivity index (χ0v) is 11.2. The summed E-state index contributed by atoms with van der Waals surface area (Å²) >= 11 is 3.00. The van der Waals surface area contributed by atoms with Gasteiger partial charge >= 0.3 is 0 Å². The highest BCUT2D eigenvalue weighted by molar-refractivity contribution is 9.10. The summed E-state index contributed by atoms with van der Waals surface area (Å²) in [6.07, 6.45) is 4.05. The summed E-state index contributed by atoms with van der Waals surface area (Å²) in [5, 5.41) is 0. The second kappa shape index (κ2) is 4.99. The molecular weight excluding hydrogens is 325 g/mol. The molecule has 1 N–H and O–H groups in total. The Morgan fingerprint density at radius 2 is 2.06 bits per heavy atom. The van der Waals surface area contributed by atoms with Gasteiger partial charge in [0.25, 0.3) is 10.0 Å². The second-order valence-corrected chi connectivity index (χ2v) is 5.78. The Hall–Kier alpha value is -1.54. The molecule has 0 saturated carbocycles. The lowest BCUT2D eigenvalue weighted by Crippen LogP contribution is -2.14. The van der Waals surface area contributed by atoms with Crippen molar-refractivity contribution in [1.82, 2.24) is 9.97 Å². The van der Waals surface area contributed by atoms with Crippen molar-refractivity contribution in [3.63, 3.8) is 0 Å². The van der Waals surface area contributed by atoms with E-state index in [-0.39, 0.29) is 15.2 Å². The lowest BCUT2D eigenvalue weighted by molar-refractivity contribution is 0.598. The van der Waals surface area contributed by atoms with Crippen LogP contribution in [0.25, 0.3) is 0 Å². The largest absolute Gasteiger partial charge is 0.264 e. The number of nitrogens with zero attached hydrogens (tertiary/aromatic N) is 2. The van der Waals surface area contributed by atoms with E-state index in [0.29, 0.717) is 0 Å². The van der Waals surface area contributed by atoms with Gasteiger partial charge in [-0.3, -0.25) is 9.71 Å². The van der Waals surface area contributed by atoms with Crippen LogP contribution < -0.4 is 4.72 Å². The molecule has 5 nitrogen and oxygen atoms in total. The van der Waals surface area contributed by atoms with Crippen LogP contribution in [0, 0.1) is 5.82 Å². The Morgan fingerprint density at radius 3 is 2.67 bits per heavy atom. The molecule has 94 valence electrons. The van der Waals surface area contributed by atoms with Gasteiger partial charge in [0.1, 0.15) is 10.7 Å². The molecule has 18 heavy (non-hydrogen) atoms. The molecule has 0 saturated heterocycles. The fraction of sp³-hybridized carbons (Fsp3) is 0. The van der Waals surface area contributed by atoms with Gasteiger partial charge in [0.05, 0.1) is 6.20 Å². The maximum atomic E-state index is 12.9. The fourth-order valence-corrected chi connectivity index (χ4v) is 3.28. The maximum Gasteiger partial charge on any atom is 0.264 e. The van der Waals surface area contributed by atoms with Crippen molar-refractivity contribution in [2.75, 3.05) is 4.72 Å². The summed E-state index contributed by atoms with van der Waals surface area (Å²) in [5.74, 6) is -0.436. The third-order valence-corrected chi connectivity index (χ3v) is 4.32. The SMILES string of the molecule is O=S(=O)(Nc1cnccn1)c1ccc(F)cc1Br. The number of hydrogen-bond donors (Lipinski definition) is 1. The van der Waals surface area contributed by atoms with E-state index in [0.717, 1.165) is 18.2 Å². The van der Waals surface area contributed by atoms with E-state index in [1.165, 1.54) is 18.6 Å². The van der Waals surface area contributed by atoms with Gasteiger partial charge in [0, 0.05) is 16.9 Å². The highest BCUT2D eigenvalue weighted by Crippen LogP contribution is 2.24. The number of halogens is 2. The third-order valence-electron chi connectivity index (χ3n) is 1.99. The van der Waals surface area contributed by atoms with E-state index in [1.807, 2.05) is 0 Å². The molecule has 0 fully saturated rings. The van der Waals surface area contributed by atoms with Gasteiger partial charge in [0.2, 0.25) is 0 Å². The second-order valence-electron chi connectivity index (χ2n) is 3.27. The molecule has 0 atom stereocenters. The van der Waals surface area contributed by atoms with Crippen molar-refractivity contribution in [3.05, 3.63) is 47.1 Å². The molecule has 0 amide bonds. The zero-order chi connectivity index (χ0) is 13.2. The normalized spacial score (nSPS) is 11.2. The Balaban J connectivity index is 2.37. The Morgan fingerprint density at radius 1 is 1.28 bits per heavy atom. The number of rotatable bonds is 3. The average Bonchev–Trinajstić information content (AvgIpc) is 2.29. The summed E-state index contributed by atoms with van der Waals surface area (Å²) in [6.45, 7) is 0. The summed E-state index contributed by atoms with van der Waals surface area (Å²) in [4.78, 5) is 7.46. The van der Waals surface area contributed by atoms with Crippen LogP contribution in [0.2, 0.25) is 0 Å². The molecule has 1 aromatic carbocycles. The van der Waals surface area contributed by atoms with Crippen molar-refractivity contribution in [3.8, 4) is 0 Å². The van der Waals surface area contributed by atoms with Crippen molar-refractivity contribution in [2.45, 2.75) is 4.90 Å². The lowest BCUT2D eigenvalue weighted by Gasteiger charge is -2.08. The van der Waals surface area contributed by atoms with Crippen LogP contribution >= 0.6 is 15.9 Å². The molecule has 0 aliphatic heterocycles. The summed E-state index contributed by atoms with van der Waals surface area (Å²) < 4.78 is 39.3. The lowest BCUT2D eigenvalue weighted by atomic mass is 10.3. The topological polar surface area (TPSA) is 72.0 Å². The van der Waals surface area contributed by atoms with E-state index in [2.05, 4.69) is 30.6 Å². The summed E-state index contributed by atoms with van der Waals surface area (Å²) in [7, 11) is -3.83. The molecule has 0 radical (unpaired) electrons. The minimum atomic E-state index is -3.83. The molecule has 0 aliphatic carbocycles. The van der Waals surface area contributed by atoms with E-state index >= 15 is 0 Å². The predicted octanol–water partition coefficient (Wildman–Crippen LogP) is 2.18. The van der Waals surface area contributed by atoms with Gasteiger partial charge in [-0.1, -0.05) is 0 Å². The quantitative estimate of drug-likeness (QED) is 0.935. The number of benzene rings is 1. The van der Waals surface area contributed by atoms with Gasteiger partial charge in [-0.2, -0.15) is 0 Å². The number of hydrogen-bond acceptors (Lipinski definition) is 4. The van der Waals surface area contributed by atoms with Crippen LogP contribution in [-0.4, -0.2) is 18.4 Å². The first-order chi connectivity index (χ1) is 8.49. The average molecular weight is 332 g/mol. The van der Waals surface area contributed by atoms with Crippen LogP contribution in [0.15, 0.2) is 46.2 Å². The number of aromatic nitrogens is 2. The number of anilines is 1. The summed E-state index contributed by atoms with van der Waals surface area (Å²) in [5.41, 5.74) is 0. The Labute approximate surface area is 111 Å². The van der Waals surface area contributed by atoms with Crippen molar-refractivity contribution in [1.29, 1.82) is 0 Å². The fourth-order valence-electron chi connectivity index (χ4n) is 1.24. The zero-order valence-electron chi connectivity index (χ0n) is 8.84. The first-order valence-electron chi connectivity index (χ1n) is 4.73. The van der Waals surface area contributed by atoms with Crippen molar-refractivity contribution >= 4 is 31.8 Å². The molecule has 2 rings (SSSR count). The van der Waals surface area contributed by atoms with Crippen LogP contribution in [0.3, 0.4) is 0 Å². The molecular formula is C10H7BrFN3O2S. The van der Waals surface area contributed by atoms with Gasteiger partial charge in [0.15, 0.2) is 5.82 Å². The minimum absolute atomic E-state index is 0.0745. The van der Waals surface area contributed by atoms with E-state index in [4.69, 9.17) is 0 Å². The smallest absolute Gasteiger partial charge is 0.262 e. The van der Waals surface area contributed by atoms with E-state index in [1.54, 1.807) is 0 Å². The first-order valence-corrected chi connectivity index (χ1v) is 7.00.